The molecule has 1 saturated heterocycles. The molecule has 0 radical (unpaired) electrons. The maximum absolute atomic E-state index is 13.5. The number of anilines is 2. The molecule has 2 aliphatic rings. The summed E-state index contributed by atoms with van der Waals surface area (Å²) in [7, 11) is 3.88. The first kappa shape index (κ1) is 25.2. The molecule has 1 aliphatic heterocycles. The van der Waals surface area contributed by atoms with E-state index in [1.165, 1.54) is 0 Å². The smallest absolute Gasteiger partial charge is 0.271 e. The molecule has 1 fully saturated rings. The van der Waals surface area contributed by atoms with Crippen molar-refractivity contribution in [2.45, 2.75) is 12.1 Å². The molecule has 39 heavy (non-hydrogen) atoms. The van der Waals surface area contributed by atoms with Crippen molar-refractivity contribution in [1.82, 2.24) is 0 Å². The molecule has 2 atom stereocenters. The van der Waals surface area contributed by atoms with E-state index in [9.17, 15) is 14.4 Å². The molecule has 6 nitrogen and oxygen atoms in total. The van der Waals surface area contributed by atoms with Crippen LogP contribution in [0.4, 0.5) is 11.4 Å². The number of halogens is 2. The summed E-state index contributed by atoms with van der Waals surface area (Å²) in [5.74, 6) is -0.361. The highest BCUT2D eigenvalue weighted by Crippen LogP contribution is 2.44. The maximum atomic E-state index is 13.5. The average Bonchev–Trinajstić information content (AvgIpc) is 2.94. The summed E-state index contributed by atoms with van der Waals surface area (Å²) in [6.45, 7) is 0. The number of ether oxygens (including phenoxy) is 1. The van der Waals surface area contributed by atoms with Crippen molar-refractivity contribution >= 4 is 52.1 Å². The van der Waals surface area contributed by atoms with Crippen LogP contribution < -0.4 is 14.5 Å². The third-order valence-corrected chi connectivity index (χ3v) is 7.66. The Morgan fingerprint density at radius 2 is 1.38 bits per heavy atom. The summed E-state index contributed by atoms with van der Waals surface area (Å²) < 4.78 is 6.14. The Morgan fingerprint density at radius 1 is 0.744 bits per heavy atom. The zero-order valence-corrected chi connectivity index (χ0v) is 22.5. The molecule has 1 amide bonds. The molecule has 0 saturated carbocycles. The van der Waals surface area contributed by atoms with Crippen LogP contribution in [-0.2, 0) is 4.79 Å². The molecule has 8 heteroatoms. The van der Waals surface area contributed by atoms with Crippen molar-refractivity contribution < 1.29 is 19.1 Å². The van der Waals surface area contributed by atoms with E-state index >= 15 is 0 Å². The lowest BCUT2D eigenvalue weighted by atomic mass is 9.81. The number of hydrogen-bond acceptors (Lipinski definition) is 5. The summed E-state index contributed by atoms with van der Waals surface area (Å²) in [6.07, 6.45) is -0.906. The normalized spacial score (nSPS) is 17.8. The van der Waals surface area contributed by atoms with Crippen LogP contribution in [0.3, 0.4) is 0 Å². The number of hydrogen-bond donors (Lipinski definition) is 0. The van der Waals surface area contributed by atoms with Crippen molar-refractivity contribution in [3.05, 3.63) is 123 Å². The van der Waals surface area contributed by atoms with Crippen LogP contribution in [0.5, 0.6) is 5.75 Å². The third-order valence-electron chi connectivity index (χ3n) is 7.13. The number of rotatable bonds is 5. The second-order valence-corrected chi connectivity index (χ2v) is 10.5. The van der Waals surface area contributed by atoms with Crippen molar-refractivity contribution in [2.24, 2.45) is 0 Å². The number of carbonyl (C=O) groups is 3. The second-order valence-electron chi connectivity index (χ2n) is 9.69. The molecule has 194 valence electrons. The fourth-order valence-corrected chi connectivity index (χ4v) is 5.56. The van der Waals surface area contributed by atoms with Gasteiger partial charge in [-0.2, -0.15) is 0 Å². The van der Waals surface area contributed by atoms with Gasteiger partial charge in [-0.15, -0.1) is 0 Å². The molecular formula is C31H22Cl2N2O4. The minimum Gasteiger partial charge on any atom is -0.476 e. The fraction of sp³-hybridized carbons (Fsp3) is 0.129. The van der Waals surface area contributed by atoms with Crippen LogP contribution in [0.2, 0.25) is 10.0 Å². The van der Waals surface area contributed by atoms with Crippen LogP contribution in [0, 0.1) is 0 Å². The van der Waals surface area contributed by atoms with Gasteiger partial charge < -0.3 is 9.64 Å². The predicted octanol–water partition coefficient (Wildman–Crippen LogP) is 6.37. The van der Waals surface area contributed by atoms with Gasteiger partial charge in [0.2, 0.25) is 6.10 Å². The Kier molecular flexibility index (Phi) is 6.17. The molecule has 4 aromatic rings. The lowest BCUT2D eigenvalue weighted by Crippen LogP contribution is -2.61. The fourth-order valence-electron chi connectivity index (χ4n) is 5.11. The maximum Gasteiger partial charge on any atom is 0.271 e. The van der Waals surface area contributed by atoms with Crippen molar-refractivity contribution in [2.75, 3.05) is 23.9 Å². The van der Waals surface area contributed by atoms with Gasteiger partial charge in [-0.25, -0.2) is 0 Å². The SMILES string of the molecule is CN(C)c1ccc(N2C(=O)C(Oc3ccc(Cl)cc3Cl)C2c2ccc3c(c2)C(=O)c2ccccc2C3=O)cc1. The zero-order chi connectivity index (χ0) is 27.4. The molecule has 0 bridgehead atoms. The number of benzene rings is 4. The monoisotopic (exact) mass is 556 g/mol. The van der Waals surface area contributed by atoms with Gasteiger partial charge in [0.05, 0.1) is 5.02 Å². The highest BCUT2D eigenvalue weighted by molar-refractivity contribution is 6.35. The van der Waals surface area contributed by atoms with Gasteiger partial charge in [-0.1, -0.05) is 53.5 Å². The van der Waals surface area contributed by atoms with Gasteiger partial charge in [0.15, 0.2) is 11.6 Å². The van der Waals surface area contributed by atoms with E-state index in [1.54, 1.807) is 65.6 Å². The van der Waals surface area contributed by atoms with E-state index in [1.807, 2.05) is 43.3 Å². The van der Waals surface area contributed by atoms with Gasteiger partial charge in [-0.3, -0.25) is 19.3 Å². The molecule has 0 spiro atoms. The van der Waals surface area contributed by atoms with Crippen molar-refractivity contribution in [3.63, 3.8) is 0 Å². The third kappa shape index (κ3) is 4.17. The number of nitrogens with zero attached hydrogens (tertiary/aromatic N) is 2. The summed E-state index contributed by atoms with van der Waals surface area (Å²) in [5.41, 5.74) is 3.75. The Hall–Kier alpha value is -4.13. The van der Waals surface area contributed by atoms with Crippen molar-refractivity contribution in [1.29, 1.82) is 0 Å². The summed E-state index contributed by atoms with van der Waals surface area (Å²) in [6, 6.07) is 23.8. The van der Waals surface area contributed by atoms with Crippen LogP contribution in [0.15, 0.2) is 84.9 Å². The summed E-state index contributed by atoms with van der Waals surface area (Å²) in [5, 5.41) is 0.732. The van der Waals surface area contributed by atoms with Gasteiger partial charge in [0, 0.05) is 52.7 Å². The summed E-state index contributed by atoms with van der Waals surface area (Å²) >= 11 is 12.4. The van der Waals surface area contributed by atoms with E-state index in [0.717, 1.165) is 5.69 Å². The minimum atomic E-state index is -0.906. The molecule has 2 unspecified atom stereocenters. The molecule has 4 aromatic carbocycles. The Balaban J connectivity index is 1.42. The largest absolute Gasteiger partial charge is 0.476 e. The topological polar surface area (TPSA) is 66.9 Å². The van der Waals surface area contributed by atoms with Crippen LogP contribution in [0.1, 0.15) is 43.4 Å². The molecule has 1 aliphatic carbocycles. The van der Waals surface area contributed by atoms with E-state index in [2.05, 4.69) is 0 Å². The van der Waals surface area contributed by atoms with E-state index in [4.69, 9.17) is 27.9 Å². The van der Waals surface area contributed by atoms with Gasteiger partial charge in [0.25, 0.3) is 5.91 Å². The Morgan fingerprint density at radius 3 is 2.03 bits per heavy atom. The lowest BCUT2D eigenvalue weighted by molar-refractivity contribution is -0.135. The standard InChI is InChI=1S/C31H22Cl2N2O4/c1-34(2)19-9-11-20(12-10-19)35-27(30(31(35)38)39-26-14-8-18(32)16-25(26)33)17-7-13-23-24(15-17)29(37)22-6-4-3-5-21(22)28(23)36/h3-16,27,30H,1-2H3. The zero-order valence-electron chi connectivity index (χ0n) is 21.0. The highest BCUT2D eigenvalue weighted by atomic mass is 35.5. The molecular weight excluding hydrogens is 535 g/mol. The quantitative estimate of drug-likeness (QED) is 0.235. The predicted molar refractivity (Wildman–Crippen MR) is 152 cm³/mol. The Labute approximate surface area is 235 Å². The van der Waals surface area contributed by atoms with Crippen LogP contribution in [0.25, 0.3) is 0 Å². The molecule has 6 rings (SSSR count). The van der Waals surface area contributed by atoms with Crippen LogP contribution in [-0.4, -0.2) is 37.7 Å². The second kappa shape index (κ2) is 9.56. The van der Waals surface area contributed by atoms with Gasteiger partial charge >= 0.3 is 0 Å². The average molecular weight is 557 g/mol. The van der Waals surface area contributed by atoms with E-state index in [-0.39, 0.29) is 22.5 Å². The number of amides is 1. The van der Waals surface area contributed by atoms with E-state index < -0.39 is 12.1 Å². The van der Waals surface area contributed by atoms with Crippen LogP contribution >= 0.6 is 23.2 Å². The highest BCUT2D eigenvalue weighted by Gasteiger charge is 2.51. The number of ketones is 2. The van der Waals surface area contributed by atoms with Gasteiger partial charge in [0.1, 0.15) is 11.8 Å². The number of carbonyl (C=O) groups excluding carboxylic acids is 3. The Bertz CT molecular complexity index is 1670. The number of fused-ring (bicyclic) bond motifs is 2. The first-order valence-electron chi connectivity index (χ1n) is 12.3. The molecule has 1 heterocycles. The first-order valence-corrected chi connectivity index (χ1v) is 13.0. The van der Waals surface area contributed by atoms with Gasteiger partial charge in [-0.05, 0) is 60.2 Å². The first-order chi connectivity index (χ1) is 18.7. The number of β-lactam (4-membered cyclic amide) rings is 1. The molecule has 0 aromatic heterocycles. The minimum absolute atomic E-state index is 0.201. The molecule has 0 N–H and O–H groups in total. The summed E-state index contributed by atoms with van der Waals surface area (Å²) in [4.78, 5) is 43.7. The lowest BCUT2D eigenvalue weighted by Gasteiger charge is -2.47. The van der Waals surface area contributed by atoms with Crippen molar-refractivity contribution in [3.8, 4) is 5.75 Å². The van der Waals surface area contributed by atoms with E-state index in [0.29, 0.717) is 44.3 Å².